The molecule has 0 saturated heterocycles. The van der Waals surface area contributed by atoms with Crippen LogP contribution in [0.1, 0.15) is 27.0 Å². The molecule has 2 aromatic rings. The molecule has 134 valence electrons. The fourth-order valence-corrected chi connectivity index (χ4v) is 2.38. The Bertz CT molecular complexity index is 853. The molecule has 0 saturated carbocycles. The number of halogens is 1. The summed E-state index contributed by atoms with van der Waals surface area (Å²) in [5, 5.41) is 9.43. The van der Waals surface area contributed by atoms with E-state index >= 15 is 0 Å². The van der Waals surface area contributed by atoms with Crippen molar-refractivity contribution in [3.05, 3.63) is 75.8 Å². The van der Waals surface area contributed by atoms with Gasteiger partial charge in [0.15, 0.2) is 6.61 Å². The highest BCUT2D eigenvalue weighted by molar-refractivity contribution is 6.30. The summed E-state index contributed by atoms with van der Waals surface area (Å²) in [4.78, 5) is 34.8. The van der Waals surface area contributed by atoms with E-state index in [1.165, 1.54) is 12.1 Å². The second kappa shape index (κ2) is 8.97. The Morgan fingerprint density at radius 1 is 1.12 bits per heavy atom. The molecule has 0 heterocycles. The van der Waals surface area contributed by atoms with Gasteiger partial charge in [-0.3, -0.25) is 9.59 Å². The zero-order chi connectivity index (χ0) is 19.1. The summed E-state index contributed by atoms with van der Waals surface area (Å²) >= 11 is 5.78. The normalized spacial score (nSPS) is 10.7. The van der Waals surface area contributed by atoms with E-state index in [0.29, 0.717) is 21.7 Å². The molecule has 26 heavy (non-hydrogen) atoms. The molecular formula is C20H17ClO5. The fourth-order valence-electron chi connectivity index (χ4n) is 2.25. The zero-order valence-electron chi connectivity index (χ0n) is 14.1. The number of hydrogen-bond donors (Lipinski definition) is 1. The molecule has 0 aliphatic rings. The van der Waals surface area contributed by atoms with Gasteiger partial charge in [0.2, 0.25) is 5.78 Å². The molecule has 0 unspecified atom stereocenters. The summed E-state index contributed by atoms with van der Waals surface area (Å²) in [6.07, 6.45) is 2.61. The number of esters is 1. The maximum Gasteiger partial charge on any atom is 0.331 e. The minimum Gasteiger partial charge on any atom is -0.481 e. The van der Waals surface area contributed by atoms with E-state index < -0.39 is 18.5 Å². The maximum absolute atomic E-state index is 12.3. The largest absolute Gasteiger partial charge is 0.481 e. The van der Waals surface area contributed by atoms with Crippen LogP contribution in [0.25, 0.3) is 6.08 Å². The van der Waals surface area contributed by atoms with Crippen LogP contribution in [-0.2, 0) is 20.7 Å². The van der Waals surface area contributed by atoms with Gasteiger partial charge < -0.3 is 9.84 Å². The summed E-state index contributed by atoms with van der Waals surface area (Å²) in [6.45, 7) is 1.32. The smallest absolute Gasteiger partial charge is 0.331 e. The van der Waals surface area contributed by atoms with Crippen molar-refractivity contribution in [3.8, 4) is 0 Å². The molecule has 0 aromatic heterocycles. The predicted octanol–water partition coefficient (Wildman–Crippen LogP) is 3.71. The maximum atomic E-state index is 12.3. The molecule has 0 amide bonds. The molecule has 2 rings (SSSR count). The highest BCUT2D eigenvalue weighted by Gasteiger charge is 2.13. The van der Waals surface area contributed by atoms with Crippen LogP contribution in [0.15, 0.2) is 48.5 Å². The van der Waals surface area contributed by atoms with Gasteiger partial charge in [0.25, 0.3) is 0 Å². The van der Waals surface area contributed by atoms with Crippen molar-refractivity contribution in [1.82, 2.24) is 0 Å². The lowest BCUT2D eigenvalue weighted by Gasteiger charge is -2.07. The number of ether oxygens (including phenoxy) is 1. The first-order chi connectivity index (χ1) is 12.3. The van der Waals surface area contributed by atoms with E-state index in [2.05, 4.69) is 0 Å². The second-order valence-corrected chi connectivity index (χ2v) is 6.07. The van der Waals surface area contributed by atoms with Gasteiger partial charge >= 0.3 is 11.9 Å². The topological polar surface area (TPSA) is 80.7 Å². The number of Topliss-reactive ketones (excluding diaryl/α,β-unsaturated/α-hetero) is 1. The molecule has 0 bridgehead atoms. The Balaban J connectivity index is 1.96. The van der Waals surface area contributed by atoms with Gasteiger partial charge in [-0.05, 0) is 47.9 Å². The zero-order valence-corrected chi connectivity index (χ0v) is 14.8. The number of hydrogen-bond acceptors (Lipinski definition) is 4. The van der Waals surface area contributed by atoms with E-state index in [1.54, 1.807) is 49.4 Å². The van der Waals surface area contributed by atoms with Gasteiger partial charge in [-0.25, -0.2) is 4.79 Å². The van der Waals surface area contributed by atoms with Crippen LogP contribution in [0.3, 0.4) is 0 Å². The van der Waals surface area contributed by atoms with Gasteiger partial charge in [0, 0.05) is 16.7 Å². The fraction of sp³-hybridized carbons (Fsp3) is 0.150. The highest BCUT2D eigenvalue weighted by Crippen LogP contribution is 2.14. The number of carboxylic acids is 1. The first-order valence-corrected chi connectivity index (χ1v) is 8.18. The second-order valence-electron chi connectivity index (χ2n) is 5.64. The SMILES string of the molecule is Cc1ccc(CC(=O)O)cc1C(=O)COC(=O)/C=C/c1ccc(Cl)cc1. The van der Waals surface area contributed by atoms with E-state index in [1.807, 2.05) is 0 Å². The molecule has 5 nitrogen and oxygen atoms in total. The number of aliphatic carboxylic acids is 1. The first kappa shape index (κ1) is 19.4. The molecule has 0 aliphatic heterocycles. The summed E-state index contributed by atoms with van der Waals surface area (Å²) in [5.41, 5.74) is 2.32. The van der Waals surface area contributed by atoms with Gasteiger partial charge in [0.1, 0.15) is 0 Å². The Hall–Kier alpha value is -2.92. The summed E-state index contributed by atoms with van der Waals surface area (Å²) in [5.74, 6) is -2.01. The average Bonchev–Trinajstić information content (AvgIpc) is 2.60. The van der Waals surface area contributed by atoms with Crippen LogP contribution in [0.2, 0.25) is 5.02 Å². The third kappa shape index (κ3) is 5.86. The summed E-state index contributed by atoms with van der Waals surface area (Å²) in [7, 11) is 0. The number of benzene rings is 2. The standard InChI is InChI=1S/C20H17ClO5/c1-13-2-3-15(11-19(23)24)10-17(13)18(22)12-26-20(25)9-6-14-4-7-16(21)8-5-14/h2-10H,11-12H2,1H3,(H,23,24)/b9-6+. The molecule has 0 fully saturated rings. The quantitative estimate of drug-likeness (QED) is 0.455. The van der Waals surface area contributed by atoms with Crippen LogP contribution in [-0.4, -0.2) is 29.4 Å². The number of rotatable bonds is 7. The highest BCUT2D eigenvalue weighted by atomic mass is 35.5. The Kier molecular flexibility index (Phi) is 6.69. The molecular weight excluding hydrogens is 356 g/mol. The van der Waals surface area contributed by atoms with Crippen molar-refractivity contribution in [2.75, 3.05) is 6.61 Å². The lowest BCUT2D eigenvalue weighted by Crippen LogP contribution is -2.14. The van der Waals surface area contributed by atoms with Crippen LogP contribution >= 0.6 is 11.6 Å². The lowest BCUT2D eigenvalue weighted by molar-refractivity contribution is -0.137. The van der Waals surface area contributed by atoms with E-state index in [0.717, 1.165) is 5.56 Å². The molecule has 0 atom stereocenters. The van der Waals surface area contributed by atoms with Crippen molar-refractivity contribution in [2.45, 2.75) is 13.3 Å². The Morgan fingerprint density at radius 2 is 1.81 bits per heavy atom. The van der Waals surface area contributed by atoms with Crippen LogP contribution < -0.4 is 0 Å². The number of carboxylic acid groups (broad SMARTS) is 1. The van der Waals surface area contributed by atoms with Crippen LogP contribution in [0.5, 0.6) is 0 Å². The minimum atomic E-state index is -0.981. The van der Waals surface area contributed by atoms with E-state index in [9.17, 15) is 14.4 Å². The van der Waals surface area contributed by atoms with Crippen LogP contribution in [0, 0.1) is 6.92 Å². The average molecular weight is 373 g/mol. The van der Waals surface area contributed by atoms with Crippen molar-refractivity contribution >= 4 is 35.4 Å². The van der Waals surface area contributed by atoms with Gasteiger partial charge in [-0.15, -0.1) is 0 Å². The third-order valence-corrected chi connectivity index (χ3v) is 3.84. The van der Waals surface area contributed by atoms with Crippen molar-refractivity contribution in [2.24, 2.45) is 0 Å². The van der Waals surface area contributed by atoms with Gasteiger partial charge in [-0.2, -0.15) is 0 Å². The molecule has 0 radical (unpaired) electrons. The monoisotopic (exact) mass is 372 g/mol. The van der Waals surface area contributed by atoms with Crippen LogP contribution in [0.4, 0.5) is 0 Å². The molecule has 0 spiro atoms. The van der Waals surface area contributed by atoms with Crippen molar-refractivity contribution < 1.29 is 24.2 Å². The van der Waals surface area contributed by atoms with Crippen molar-refractivity contribution in [3.63, 3.8) is 0 Å². The Morgan fingerprint density at radius 3 is 2.46 bits per heavy atom. The van der Waals surface area contributed by atoms with Crippen molar-refractivity contribution in [1.29, 1.82) is 0 Å². The first-order valence-electron chi connectivity index (χ1n) is 7.80. The van der Waals surface area contributed by atoms with Gasteiger partial charge in [0.05, 0.1) is 6.42 Å². The molecule has 6 heteroatoms. The number of carbonyl (C=O) groups excluding carboxylic acids is 2. The Labute approximate surface area is 155 Å². The molecule has 2 aromatic carbocycles. The van der Waals surface area contributed by atoms with E-state index in [-0.39, 0.29) is 12.2 Å². The molecule has 1 N–H and O–H groups in total. The number of ketones is 1. The lowest BCUT2D eigenvalue weighted by atomic mass is 10.0. The summed E-state index contributed by atoms with van der Waals surface area (Å²) < 4.78 is 4.96. The summed E-state index contributed by atoms with van der Waals surface area (Å²) in [6, 6.07) is 11.7. The number of aryl methyl sites for hydroxylation is 1. The predicted molar refractivity (Wildman–Crippen MR) is 98.3 cm³/mol. The molecule has 0 aliphatic carbocycles. The third-order valence-electron chi connectivity index (χ3n) is 3.59. The van der Waals surface area contributed by atoms with Gasteiger partial charge in [-0.1, -0.05) is 35.9 Å². The minimum absolute atomic E-state index is 0.176. The van der Waals surface area contributed by atoms with E-state index in [4.69, 9.17) is 21.4 Å². The number of carbonyl (C=O) groups is 3.